The first-order valence-electron chi connectivity index (χ1n) is 10.5. The molecule has 0 radical (unpaired) electrons. The van der Waals surface area contributed by atoms with Crippen molar-refractivity contribution in [1.29, 1.82) is 0 Å². The quantitative estimate of drug-likeness (QED) is 0.615. The number of aromatic nitrogens is 2. The third-order valence-electron chi connectivity index (χ3n) is 5.56. The van der Waals surface area contributed by atoms with E-state index in [9.17, 15) is 9.59 Å². The molecule has 0 bridgehead atoms. The highest BCUT2D eigenvalue weighted by atomic mass is 35.5. The molecule has 0 spiro atoms. The summed E-state index contributed by atoms with van der Waals surface area (Å²) in [5, 5.41) is 3.95. The highest BCUT2D eigenvalue weighted by Gasteiger charge is 2.27. The lowest BCUT2D eigenvalue weighted by Gasteiger charge is -2.35. The van der Waals surface area contributed by atoms with Gasteiger partial charge in [0, 0.05) is 31.6 Å². The SMILES string of the molecule is C[C@@H](NC(=O)c1ccccc1Cl)C(=O)N1CCN(Cc2nc(N)c3ccccc3n2)CC1. The molecular weight excluding hydrogens is 428 g/mol. The van der Waals surface area contributed by atoms with Crippen LogP contribution in [-0.4, -0.2) is 63.8 Å². The Bertz CT molecular complexity index is 1150. The summed E-state index contributed by atoms with van der Waals surface area (Å²) in [6, 6.07) is 13.8. The van der Waals surface area contributed by atoms with Crippen LogP contribution in [0.2, 0.25) is 5.02 Å². The molecule has 4 rings (SSSR count). The molecule has 1 aromatic heterocycles. The van der Waals surface area contributed by atoms with E-state index >= 15 is 0 Å². The number of benzene rings is 2. The third kappa shape index (κ3) is 4.81. The largest absolute Gasteiger partial charge is 0.383 e. The lowest BCUT2D eigenvalue weighted by atomic mass is 10.2. The van der Waals surface area contributed by atoms with Crippen LogP contribution in [0.1, 0.15) is 23.1 Å². The average molecular weight is 453 g/mol. The minimum Gasteiger partial charge on any atom is -0.383 e. The number of halogens is 1. The smallest absolute Gasteiger partial charge is 0.253 e. The molecular formula is C23H25ClN6O2. The Morgan fingerprint density at radius 1 is 1.06 bits per heavy atom. The predicted octanol–water partition coefficient (Wildman–Crippen LogP) is 2.33. The Hall–Kier alpha value is -3.23. The molecule has 1 aliphatic rings. The van der Waals surface area contributed by atoms with Crippen LogP contribution in [0, 0.1) is 0 Å². The van der Waals surface area contributed by atoms with Crippen LogP contribution in [0.25, 0.3) is 10.9 Å². The van der Waals surface area contributed by atoms with Gasteiger partial charge in [-0.3, -0.25) is 14.5 Å². The Morgan fingerprint density at radius 2 is 1.75 bits per heavy atom. The van der Waals surface area contributed by atoms with Gasteiger partial charge in [-0.25, -0.2) is 9.97 Å². The Kier molecular flexibility index (Phi) is 6.53. The van der Waals surface area contributed by atoms with Crippen molar-refractivity contribution in [3.05, 3.63) is 64.9 Å². The topological polar surface area (TPSA) is 104 Å². The standard InChI is InChI=1S/C23H25ClN6O2/c1-15(26-22(31)16-6-2-4-8-18(16)24)23(32)30-12-10-29(11-13-30)14-20-27-19-9-5-3-7-17(19)21(25)28-20/h2-9,15H,10-14H2,1H3,(H,26,31)(H2,25,27,28)/t15-/m1/s1. The number of fused-ring (bicyclic) bond motifs is 1. The summed E-state index contributed by atoms with van der Waals surface area (Å²) in [6.45, 7) is 4.76. The first-order chi connectivity index (χ1) is 15.4. The predicted molar refractivity (Wildman–Crippen MR) is 124 cm³/mol. The number of hydrogen-bond donors (Lipinski definition) is 2. The van der Waals surface area contributed by atoms with Crippen LogP contribution in [-0.2, 0) is 11.3 Å². The maximum atomic E-state index is 12.8. The molecule has 1 fully saturated rings. The van der Waals surface area contributed by atoms with Crippen molar-refractivity contribution in [2.75, 3.05) is 31.9 Å². The van der Waals surface area contributed by atoms with E-state index in [1.54, 1.807) is 36.1 Å². The molecule has 0 aliphatic carbocycles. The van der Waals surface area contributed by atoms with Gasteiger partial charge in [0.25, 0.3) is 5.91 Å². The van der Waals surface area contributed by atoms with Gasteiger partial charge in [0.05, 0.1) is 22.6 Å². The molecule has 8 nitrogen and oxygen atoms in total. The number of nitrogens with two attached hydrogens (primary N) is 1. The minimum absolute atomic E-state index is 0.115. The molecule has 1 saturated heterocycles. The van der Waals surface area contributed by atoms with E-state index < -0.39 is 6.04 Å². The molecule has 2 heterocycles. The normalized spacial score (nSPS) is 15.5. The number of nitrogen functional groups attached to an aromatic ring is 1. The molecule has 0 unspecified atom stereocenters. The number of carbonyl (C=O) groups is 2. The van der Waals surface area contributed by atoms with Crippen molar-refractivity contribution in [3.63, 3.8) is 0 Å². The van der Waals surface area contributed by atoms with Gasteiger partial charge >= 0.3 is 0 Å². The van der Waals surface area contributed by atoms with Crippen molar-refractivity contribution in [2.24, 2.45) is 0 Å². The Balaban J connectivity index is 1.32. The molecule has 166 valence electrons. The molecule has 9 heteroatoms. The average Bonchev–Trinajstić information content (AvgIpc) is 2.79. The van der Waals surface area contributed by atoms with Crippen LogP contribution in [0.15, 0.2) is 48.5 Å². The van der Waals surface area contributed by atoms with Gasteiger partial charge in [0.1, 0.15) is 17.7 Å². The summed E-state index contributed by atoms with van der Waals surface area (Å²) >= 11 is 6.08. The highest BCUT2D eigenvalue weighted by molar-refractivity contribution is 6.33. The number of nitrogens with one attached hydrogen (secondary N) is 1. The third-order valence-corrected chi connectivity index (χ3v) is 5.89. The second-order valence-electron chi connectivity index (χ2n) is 7.82. The van der Waals surface area contributed by atoms with Gasteiger partial charge in [0.15, 0.2) is 0 Å². The van der Waals surface area contributed by atoms with Crippen molar-refractivity contribution in [3.8, 4) is 0 Å². The summed E-state index contributed by atoms with van der Waals surface area (Å²) in [5.41, 5.74) is 7.26. The van der Waals surface area contributed by atoms with E-state index in [2.05, 4.69) is 20.2 Å². The fraction of sp³-hybridized carbons (Fsp3) is 0.304. The van der Waals surface area contributed by atoms with Crippen molar-refractivity contribution < 1.29 is 9.59 Å². The number of rotatable bonds is 5. The number of nitrogens with zero attached hydrogens (tertiary/aromatic N) is 4. The van der Waals surface area contributed by atoms with Gasteiger partial charge in [0.2, 0.25) is 5.91 Å². The van der Waals surface area contributed by atoms with Crippen LogP contribution in [0.4, 0.5) is 5.82 Å². The lowest BCUT2D eigenvalue weighted by Crippen LogP contribution is -2.54. The highest BCUT2D eigenvalue weighted by Crippen LogP contribution is 2.18. The molecule has 1 aliphatic heterocycles. The van der Waals surface area contributed by atoms with E-state index in [4.69, 9.17) is 17.3 Å². The van der Waals surface area contributed by atoms with E-state index in [-0.39, 0.29) is 11.8 Å². The van der Waals surface area contributed by atoms with E-state index in [0.717, 1.165) is 10.9 Å². The molecule has 0 saturated carbocycles. The van der Waals surface area contributed by atoms with E-state index in [1.165, 1.54) is 0 Å². The van der Waals surface area contributed by atoms with Gasteiger partial charge in [-0.1, -0.05) is 35.9 Å². The van der Waals surface area contributed by atoms with Crippen molar-refractivity contribution in [1.82, 2.24) is 25.1 Å². The summed E-state index contributed by atoms with van der Waals surface area (Å²) < 4.78 is 0. The monoisotopic (exact) mass is 452 g/mol. The van der Waals surface area contributed by atoms with Crippen LogP contribution < -0.4 is 11.1 Å². The van der Waals surface area contributed by atoms with Gasteiger partial charge in [-0.15, -0.1) is 0 Å². The molecule has 2 aromatic carbocycles. The first kappa shape index (κ1) is 22.0. The van der Waals surface area contributed by atoms with Gasteiger partial charge in [-0.05, 0) is 31.2 Å². The number of amides is 2. The van der Waals surface area contributed by atoms with E-state index in [1.807, 2.05) is 24.3 Å². The number of hydrogen-bond acceptors (Lipinski definition) is 6. The van der Waals surface area contributed by atoms with Crippen molar-refractivity contribution in [2.45, 2.75) is 19.5 Å². The van der Waals surface area contributed by atoms with Gasteiger partial charge in [-0.2, -0.15) is 0 Å². The Labute approximate surface area is 191 Å². The number of carbonyl (C=O) groups excluding carboxylic acids is 2. The second-order valence-corrected chi connectivity index (χ2v) is 8.23. The fourth-order valence-electron chi connectivity index (χ4n) is 3.80. The summed E-state index contributed by atoms with van der Waals surface area (Å²) in [6.07, 6.45) is 0. The van der Waals surface area contributed by atoms with Crippen LogP contribution in [0.5, 0.6) is 0 Å². The molecule has 3 N–H and O–H groups in total. The number of para-hydroxylation sites is 1. The lowest BCUT2D eigenvalue weighted by molar-refractivity contribution is -0.134. The number of piperazine rings is 1. The zero-order valence-corrected chi connectivity index (χ0v) is 18.5. The van der Waals surface area contributed by atoms with Crippen LogP contribution in [0.3, 0.4) is 0 Å². The maximum absolute atomic E-state index is 12.8. The van der Waals surface area contributed by atoms with Crippen molar-refractivity contribution >= 4 is 40.1 Å². The first-order valence-corrected chi connectivity index (χ1v) is 10.9. The summed E-state index contributed by atoms with van der Waals surface area (Å²) in [4.78, 5) is 38.3. The van der Waals surface area contributed by atoms with Crippen LogP contribution >= 0.6 is 11.6 Å². The Morgan fingerprint density at radius 3 is 2.50 bits per heavy atom. The molecule has 2 amide bonds. The van der Waals surface area contributed by atoms with E-state index in [0.29, 0.717) is 55.0 Å². The summed E-state index contributed by atoms with van der Waals surface area (Å²) in [5.74, 6) is 0.668. The minimum atomic E-state index is -0.644. The maximum Gasteiger partial charge on any atom is 0.253 e. The molecule has 3 aromatic rings. The fourth-order valence-corrected chi connectivity index (χ4v) is 4.03. The molecule has 1 atom stereocenters. The van der Waals surface area contributed by atoms with Gasteiger partial charge < -0.3 is 16.0 Å². The molecule has 32 heavy (non-hydrogen) atoms. The zero-order chi connectivity index (χ0) is 22.7. The summed E-state index contributed by atoms with van der Waals surface area (Å²) in [7, 11) is 0. The number of anilines is 1. The second kappa shape index (κ2) is 9.50. The zero-order valence-electron chi connectivity index (χ0n) is 17.8.